The van der Waals surface area contributed by atoms with Gasteiger partial charge in [0, 0.05) is 12.5 Å². The minimum absolute atomic E-state index is 0.250. The number of hydrogen-bond acceptors (Lipinski definition) is 4. The maximum absolute atomic E-state index is 10.5. The lowest BCUT2D eigenvalue weighted by Gasteiger charge is -2.05. The highest BCUT2D eigenvalue weighted by atomic mass is 35.5. The number of carbonyl (C=O) groups excluding carboxylic acids is 1. The first-order chi connectivity index (χ1) is 7.75. The monoisotopic (exact) mass is 242 g/mol. The van der Waals surface area contributed by atoms with Gasteiger partial charge in [-0.25, -0.2) is 0 Å². The van der Waals surface area contributed by atoms with E-state index in [0.717, 1.165) is 5.75 Å². The Morgan fingerprint density at radius 2 is 2.19 bits per heavy atom. The van der Waals surface area contributed by atoms with E-state index in [4.69, 9.17) is 25.8 Å². The molecule has 5 heteroatoms. The van der Waals surface area contributed by atoms with Gasteiger partial charge in [-0.3, -0.25) is 4.79 Å². The highest BCUT2D eigenvalue weighted by Crippen LogP contribution is 2.35. The van der Waals surface area contributed by atoms with E-state index in [2.05, 4.69) is 0 Å². The van der Waals surface area contributed by atoms with Crippen LogP contribution in [0.4, 0.5) is 0 Å². The Bertz CT molecular complexity index is 392. The number of carbonyl (C=O) groups is 1. The van der Waals surface area contributed by atoms with Gasteiger partial charge < -0.3 is 14.2 Å². The van der Waals surface area contributed by atoms with Gasteiger partial charge in [0.15, 0.2) is 11.5 Å². The van der Waals surface area contributed by atoms with E-state index in [0.29, 0.717) is 30.9 Å². The lowest BCUT2D eigenvalue weighted by Crippen LogP contribution is -1.99. The van der Waals surface area contributed by atoms with Crippen LogP contribution in [0.3, 0.4) is 0 Å². The van der Waals surface area contributed by atoms with Crippen molar-refractivity contribution in [1.29, 1.82) is 0 Å². The van der Waals surface area contributed by atoms with E-state index in [1.807, 2.05) is 0 Å². The maximum Gasteiger partial charge on any atom is 0.231 e. The molecule has 1 heterocycles. The Labute approximate surface area is 98.1 Å². The van der Waals surface area contributed by atoms with Crippen molar-refractivity contribution in [2.75, 3.05) is 13.4 Å². The summed E-state index contributed by atoms with van der Waals surface area (Å²) in [6.45, 7) is 0.706. The summed E-state index contributed by atoms with van der Waals surface area (Å²) in [7, 11) is 0. The van der Waals surface area contributed by atoms with Crippen LogP contribution < -0.4 is 14.2 Å². The van der Waals surface area contributed by atoms with E-state index in [1.54, 1.807) is 18.2 Å². The van der Waals surface area contributed by atoms with Gasteiger partial charge in [0.2, 0.25) is 12.0 Å². The predicted molar refractivity (Wildman–Crippen MR) is 58.2 cm³/mol. The lowest BCUT2D eigenvalue weighted by atomic mass is 10.3. The quantitative estimate of drug-likeness (QED) is 0.587. The molecule has 0 aromatic heterocycles. The van der Waals surface area contributed by atoms with Gasteiger partial charge in [0.25, 0.3) is 0 Å². The standard InChI is InChI=1S/C11H11ClO4/c12-11(13)2-1-5-14-8-3-4-9-10(6-8)16-7-15-9/h3-4,6H,1-2,5,7H2. The maximum atomic E-state index is 10.5. The fraction of sp³-hybridized carbons (Fsp3) is 0.364. The molecule has 0 saturated carbocycles. The molecular weight excluding hydrogens is 232 g/mol. The van der Waals surface area contributed by atoms with Crippen molar-refractivity contribution >= 4 is 16.8 Å². The van der Waals surface area contributed by atoms with Crippen molar-refractivity contribution in [2.45, 2.75) is 12.8 Å². The number of hydrogen-bond donors (Lipinski definition) is 0. The molecule has 0 radical (unpaired) electrons. The number of rotatable bonds is 5. The van der Waals surface area contributed by atoms with Crippen LogP contribution >= 0.6 is 11.6 Å². The lowest BCUT2D eigenvalue weighted by molar-refractivity contribution is -0.111. The molecule has 0 fully saturated rings. The summed E-state index contributed by atoms with van der Waals surface area (Å²) in [5.41, 5.74) is 0. The zero-order chi connectivity index (χ0) is 11.4. The van der Waals surface area contributed by atoms with Gasteiger partial charge in [-0.15, -0.1) is 0 Å². The minimum Gasteiger partial charge on any atom is -0.493 e. The third-order valence-electron chi connectivity index (χ3n) is 2.13. The van der Waals surface area contributed by atoms with Crippen LogP contribution in [-0.2, 0) is 4.79 Å². The Morgan fingerprint density at radius 1 is 1.38 bits per heavy atom. The molecule has 0 amide bonds. The molecule has 0 N–H and O–H groups in total. The molecule has 0 spiro atoms. The van der Waals surface area contributed by atoms with Gasteiger partial charge in [-0.05, 0) is 30.2 Å². The molecule has 0 saturated heterocycles. The summed E-state index contributed by atoms with van der Waals surface area (Å²) in [4.78, 5) is 10.5. The normalized spacial score (nSPS) is 12.6. The molecule has 2 rings (SSSR count). The van der Waals surface area contributed by atoms with E-state index in [-0.39, 0.29) is 12.0 Å². The summed E-state index contributed by atoms with van der Waals surface area (Å²) in [6, 6.07) is 5.37. The summed E-state index contributed by atoms with van der Waals surface area (Å²) in [5, 5.41) is -0.339. The van der Waals surface area contributed by atoms with Crippen molar-refractivity contribution in [3.05, 3.63) is 18.2 Å². The highest BCUT2D eigenvalue weighted by Gasteiger charge is 2.13. The van der Waals surface area contributed by atoms with Crippen LogP contribution in [0.25, 0.3) is 0 Å². The second-order valence-corrected chi connectivity index (χ2v) is 3.74. The van der Waals surface area contributed by atoms with Crippen LogP contribution in [0, 0.1) is 0 Å². The van der Waals surface area contributed by atoms with Crippen LogP contribution in [0.1, 0.15) is 12.8 Å². The van der Waals surface area contributed by atoms with Crippen LogP contribution in [0.15, 0.2) is 18.2 Å². The predicted octanol–water partition coefficient (Wildman–Crippen LogP) is 2.34. The first kappa shape index (κ1) is 11.1. The molecule has 0 aliphatic carbocycles. The minimum atomic E-state index is -0.339. The Kier molecular flexibility index (Phi) is 3.51. The summed E-state index contributed by atoms with van der Waals surface area (Å²) >= 11 is 5.21. The van der Waals surface area contributed by atoms with Crippen LogP contribution in [-0.4, -0.2) is 18.6 Å². The number of benzene rings is 1. The smallest absolute Gasteiger partial charge is 0.231 e. The zero-order valence-electron chi connectivity index (χ0n) is 8.57. The molecule has 1 aliphatic rings. The number of fused-ring (bicyclic) bond motifs is 1. The number of ether oxygens (including phenoxy) is 3. The molecule has 0 unspecified atom stereocenters. The Hall–Kier alpha value is -1.42. The van der Waals surface area contributed by atoms with Gasteiger partial charge >= 0.3 is 0 Å². The van der Waals surface area contributed by atoms with Crippen molar-refractivity contribution < 1.29 is 19.0 Å². The topological polar surface area (TPSA) is 44.8 Å². The average Bonchev–Trinajstić information content (AvgIpc) is 2.71. The SMILES string of the molecule is O=C(Cl)CCCOc1ccc2c(c1)OCO2. The second-order valence-electron chi connectivity index (χ2n) is 3.32. The first-order valence-electron chi connectivity index (χ1n) is 4.96. The summed E-state index contributed by atoms with van der Waals surface area (Å²) in [5.74, 6) is 2.11. The fourth-order valence-corrected chi connectivity index (χ4v) is 1.50. The van der Waals surface area contributed by atoms with Crippen LogP contribution in [0.2, 0.25) is 0 Å². The molecular formula is C11H11ClO4. The first-order valence-corrected chi connectivity index (χ1v) is 5.34. The van der Waals surface area contributed by atoms with E-state index in [9.17, 15) is 4.79 Å². The molecule has 16 heavy (non-hydrogen) atoms. The van der Waals surface area contributed by atoms with Gasteiger partial charge in [-0.1, -0.05) is 0 Å². The second kappa shape index (κ2) is 5.07. The van der Waals surface area contributed by atoms with Crippen molar-refractivity contribution in [3.8, 4) is 17.2 Å². The van der Waals surface area contributed by atoms with Crippen molar-refractivity contribution in [3.63, 3.8) is 0 Å². The Balaban J connectivity index is 1.83. The molecule has 1 aliphatic heterocycles. The molecule has 4 nitrogen and oxygen atoms in total. The van der Waals surface area contributed by atoms with Gasteiger partial charge in [0.05, 0.1) is 6.61 Å². The highest BCUT2D eigenvalue weighted by molar-refractivity contribution is 6.63. The van der Waals surface area contributed by atoms with E-state index < -0.39 is 0 Å². The van der Waals surface area contributed by atoms with Crippen molar-refractivity contribution in [1.82, 2.24) is 0 Å². The summed E-state index contributed by atoms with van der Waals surface area (Å²) in [6.07, 6.45) is 0.933. The molecule has 0 bridgehead atoms. The molecule has 86 valence electrons. The molecule has 1 aromatic carbocycles. The largest absolute Gasteiger partial charge is 0.493 e. The van der Waals surface area contributed by atoms with Gasteiger partial charge in [0.1, 0.15) is 5.75 Å². The van der Waals surface area contributed by atoms with Crippen molar-refractivity contribution in [2.24, 2.45) is 0 Å². The molecule has 1 aromatic rings. The Morgan fingerprint density at radius 3 is 3.00 bits per heavy atom. The molecule has 0 atom stereocenters. The third-order valence-corrected chi connectivity index (χ3v) is 2.32. The van der Waals surface area contributed by atoms with Gasteiger partial charge in [-0.2, -0.15) is 0 Å². The fourth-order valence-electron chi connectivity index (χ4n) is 1.37. The summed E-state index contributed by atoms with van der Waals surface area (Å²) < 4.78 is 15.8. The van der Waals surface area contributed by atoms with Crippen LogP contribution in [0.5, 0.6) is 17.2 Å². The third kappa shape index (κ3) is 2.79. The average molecular weight is 243 g/mol. The van der Waals surface area contributed by atoms with E-state index in [1.165, 1.54) is 0 Å². The zero-order valence-corrected chi connectivity index (χ0v) is 9.33. The van der Waals surface area contributed by atoms with E-state index >= 15 is 0 Å². The number of halogens is 1.